The summed E-state index contributed by atoms with van der Waals surface area (Å²) in [4.78, 5) is 18.6. The van der Waals surface area contributed by atoms with Crippen LogP contribution in [0.15, 0.2) is 23.6 Å². The summed E-state index contributed by atoms with van der Waals surface area (Å²) in [5, 5.41) is 2.11. The van der Waals surface area contributed by atoms with E-state index in [1.165, 1.54) is 28.2 Å². The minimum Gasteiger partial charge on any atom is -0.330 e. The van der Waals surface area contributed by atoms with Gasteiger partial charge in [-0.1, -0.05) is 6.07 Å². The van der Waals surface area contributed by atoms with E-state index in [2.05, 4.69) is 28.5 Å². The Balaban J connectivity index is 1.60. The van der Waals surface area contributed by atoms with E-state index in [1.807, 2.05) is 0 Å². The number of carbonyl (C=O) groups excluding carboxylic acids is 1. The predicted octanol–water partition coefficient (Wildman–Crippen LogP) is 4.28. The standard InChI is InChI=1S/C16H17NOS2/c18-16(15-10-11-4-1-6-13(11)20-15)17-8-2-5-12(17)14-7-3-9-19-14/h3,7,9-10,12H,1-2,4-6,8H2/t12-/m0/s1. The molecule has 1 fully saturated rings. The van der Waals surface area contributed by atoms with E-state index in [1.54, 1.807) is 22.7 Å². The number of nitrogens with zero attached hydrogens (tertiary/aromatic N) is 1. The Labute approximate surface area is 127 Å². The minimum atomic E-state index is 0.250. The van der Waals surface area contributed by atoms with Crippen molar-refractivity contribution in [2.45, 2.75) is 38.1 Å². The molecule has 20 heavy (non-hydrogen) atoms. The van der Waals surface area contributed by atoms with E-state index in [-0.39, 0.29) is 5.91 Å². The first kappa shape index (κ1) is 12.6. The summed E-state index contributed by atoms with van der Waals surface area (Å²) in [6.07, 6.45) is 5.82. The molecule has 3 heterocycles. The molecule has 2 aromatic rings. The fourth-order valence-corrected chi connectivity index (χ4v) is 5.45. The number of thiophene rings is 2. The molecule has 1 saturated heterocycles. The lowest BCUT2D eigenvalue weighted by molar-refractivity contribution is 0.0742. The maximum atomic E-state index is 12.8. The third kappa shape index (κ3) is 2.02. The van der Waals surface area contributed by atoms with Crippen molar-refractivity contribution in [3.8, 4) is 0 Å². The highest BCUT2D eigenvalue weighted by Gasteiger charge is 2.32. The predicted molar refractivity (Wildman–Crippen MR) is 83.7 cm³/mol. The van der Waals surface area contributed by atoms with Gasteiger partial charge < -0.3 is 4.90 Å². The topological polar surface area (TPSA) is 20.3 Å². The SMILES string of the molecule is O=C(c1cc2c(s1)CCC2)N1CCC[C@H]1c1cccs1. The van der Waals surface area contributed by atoms with Crippen LogP contribution in [0.2, 0.25) is 0 Å². The van der Waals surface area contributed by atoms with Gasteiger partial charge in [0.15, 0.2) is 0 Å². The summed E-state index contributed by atoms with van der Waals surface area (Å²) >= 11 is 3.50. The maximum absolute atomic E-state index is 12.8. The molecule has 2 aromatic heterocycles. The van der Waals surface area contributed by atoms with Gasteiger partial charge in [0.25, 0.3) is 5.91 Å². The highest BCUT2D eigenvalue weighted by molar-refractivity contribution is 7.14. The number of hydrogen-bond acceptors (Lipinski definition) is 3. The van der Waals surface area contributed by atoms with Gasteiger partial charge in [-0.3, -0.25) is 4.79 Å². The summed E-state index contributed by atoms with van der Waals surface area (Å²) < 4.78 is 0. The highest BCUT2D eigenvalue weighted by Crippen LogP contribution is 2.37. The van der Waals surface area contributed by atoms with E-state index in [4.69, 9.17) is 0 Å². The van der Waals surface area contributed by atoms with Crippen LogP contribution < -0.4 is 0 Å². The molecule has 1 aliphatic heterocycles. The Morgan fingerprint density at radius 3 is 3.05 bits per heavy atom. The molecular formula is C16H17NOS2. The van der Waals surface area contributed by atoms with E-state index < -0.39 is 0 Å². The molecular weight excluding hydrogens is 286 g/mol. The first-order valence-electron chi connectivity index (χ1n) is 7.29. The zero-order valence-electron chi connectivity index (χ0n) is 11.3. The first-order chi connectivity index (χ1) is 9.83. The molecule has 0 unspecified atom stereocenters. The summed E-state index contributed by atoms with van der Waals surface area (Å²) in [5.74, 6) is 0.250. The number of amides is 1. The third-order valence-corrected chi connectivity index (χ3v) is 6.54. The molecule has 0 bridgehead atoms. The molecule has 0 spiro atoms. The maximum Gasteiger partial charge on any atom is 0.264 e. The van der Waals surface area contributed by atoms with Crippen LogP contribution in [0.3, 0.4) is 0 Å². The van der Waals surface area contributed by atoms with Gasteiger partial charge in [0.05, 0.1) is 10.9 Å². The lowest BCUT2D eigenvalue weighted by atomic mass is 10.2. The average molecular weight is 303 g/mol. The number of carbonyl (C=O) groups is 1. The monoisotopic (exact) mass is 303 g/mol. The molecule has 1 amide bonds. The molecule has 1 aliphatic carbocycles. The second kappa shape index (κ2) is 5.01. The van der Waals surface area contributed by atoms with Crippen LogP contribution in [0.4, 0.5) is 0 Å². The van der Waals surface area contributed by atoms with Crippen molar-refractivity contribution in [3.05, 3.63) is 43.8 Å². The number of rotatable bonds is 2. The largest absolute Gasteiger partial charge is 0.330 e. The van der Waals surface area contributed by atoms with Crippen molar-refractivity contribution in [2.24, 2.45) is 0 Å². The highest BCUT2D eigenvalue weighted by atomic mass is 32.1. The lowest BCUT2D eigenvalue weighted by Gasteiger charge is -2.23. The van der Waals surface area contributed by atoms with E-state index in [0.717, 1.165) is 30.7 Å². The van der Waals surface area contributed by atoms with Crippen molar-refractivity contribution in [3.63, 3.8) is 0 Å². The zero-order valence-corrected chi connectivity index (χ0v) is 12.9. The Bertz CT molecular complexity index is 607. The molecule has 1 atom stereocenters. The van der Waals surface area contributed by atoms with E-state index in [9.17, 15) is 4.79 Å². The van der Waals surface area contributed by atoms with Gasteiger partial charge in [0.1, 0.15) is 0 Å². The van der Waals surface area contributed by atoms with Crippen LogP contribution in [-0.2, 0) is 12.8 Å². The normalized spacial score (nSPS) is 21.4. The molecule has 4 heteroatoms. The van der Waals surface area contributed by atoms with Gasteiger partial charge >= 0.3 is 0 Å². The zero-order chi connectivity index (χ0) is 13.5. The number of aryl methyl sites for hydroxylation is 2. The quantitative estimate of drug-likeness (QED) is 0.811. The van der Waals surface area contributed by atoms with Gasteiger partial charge in [-0.25, -0.2) is 0 Å². The third-order valence-electron chi connectivity index (χ3n) is 4.34. The molecule has 4 rings (SSSR count). The van der Waals surface area contributed by atoms with Gasteiger partial charge in [-0.05, 0) is 55.2 Å². The van der Waals surface area contributed by atoms with Gasteiger partial charge in [-0.15, -0.1) is 22.7 Å². The molecule has 2 nitrogen and oxygen atoms in total. The molecule has 0 aromatic carbocycles. The molecule has 104 valence electrons. The summed E-state index contributed by atoms with van der Waals surface area (Å²) in [6.45, 7) is 0.907. The number of hydrogen-bond donors (Lipinski definition) is 0. The molecule has 0 N–H and O–H groups in total. The van der Waals surface area contributed by atoms with Crippen molar-refractivity contribution in [1.82, 2.24) is 4.90 Å². The fourth-order valence-electron chi connectivity index (χ4n) is 3.36. The van der Waals surface area contributed by atoms with Crippen molar-refractivity contribution < 1.29 is 4.79 Å². The second-order valence-corrected chi connectivity index (χ2v) is 7.70. The number of fused-ring (bicyclic) bond motifs is 1. The fraction of sp³-hybridized carbons (Fsp3) is 0.438. The van der Waals surface area contributed by atoms with Crippen LogP contribution in [-0.4, -0.2) is 17.4 Å². The number of likely N-dealkylation sites (tertiary alicyclic amines) is 1. The van der Waals surface area contributed by atoms with Crippen LogP contribution in [0, 0.1) is 0 Å². The second-order valence-electron chi connectivity index (χ2n) is 5.58. The molecule has 2 aliphatic rings. The summed E-state index contributed by atoms with van der Waals surface area (Å²) in [6, 6.07) is 6.70. The van der Waals surface area contributed by atoms with Gasteiger partial charge in [0, 0.05) is 16.3 Å². The first-order valence-corrected chi connectivity index (χ1v) is 8.98. The van der Waals surface area contributed by atoms with Gasteiger partial charge in [-0.2, -0.15) is 0 Å². The molecule has 0 saturated carbocycles. The van der Waals surface area contributed by atoms with Crippen LogP contribution in [0.1, 0.15) is 50.3 Å². The summed E-state index contributed by atoms with van der Waals surface area (Å²) in [5.41, 5.74) is 1.42. The van der Waals surface area contributed by atoms with Crippen LogP contribution in [0.25, 0.3) is 0 Å². The Hall–Kier alpha value is -1.13. The average Bonchev–Trinajstić information content (AvgIpc) is 3.19. The van der Waals surface area contributed by atoms with E-state index >= 15 is 0 Å². The smallest absolute Gasteiger partial charge is 0.264 e. The van der Waals surface area contributed by atoms with Crippen molar-refractivity contribution in [2.75, 3.05) is 6.54 Å². The summed E-state index contributed by atoms with van der Waals surface area (Å²) in [7, 11) is 0. The van der Waals surface area contributed by atoms with Gasteiger partial charge in [0.2, 0.25) is 0 Å². The Morgan fingerprint density at radius 1 is 1.30 bits per heavy atom. The van der Waals surface area contributed by atoms with E-state index in [0.29, 0.717) is 6.04 Å². The lowest BCUT2D eigenvalue weighted by Crippen LogP contribution is -2.29. The Morgan fingerprint density at radius 2 is 2.25 bits per heavy atom. The van der Waals surface area contributed by atoms with Crippen LogP contribution >= 0.6 is 22.7 Å². The van der Waals surface area contributed by atoms with Crippen molar-refractivity contribution in [1.29, 1.82) is 0 Å². The van der Waals surface area contributed by atoms with Crippen molar-refractivity contribution >= 4 is 28.6 Å². The minimum absolute atomic E-state index is 0.250. The van der Waals surface area contributed by atoms with Crippen LogP contribution in [0.5, 0.6) is 0 Å². The Kier molecular flexibility index (Phi) is 3.15. The molecule has 0 radical (unpaired) electrons.